The monoisotopic (exact) mass is 239 g/mol. The van der Waals surface area contributed by atoms with Gasteiger partial charge in [0.25, 0.3) is 0 Å². The summed E-state index contributed by atoms with van der Waals surface area (Å²) < 4.78 is 13.2. The molecule has 0 fully saturated rings. The molecule has 0 amide bonds. The quantitative estimate of drug-likeness (QED) is 0.812. The fourth-order valence-corrected chi connectivity index (χ4v) is 1.73. The Kier molecular flexibility index (Phi) is 5.38. The van der Waals surface area contributed by atoms with Gasteiger partial charge in [-0.05, 0) is 44.9 Å². The Bertz CT molecular complexity index is 353. The van der Waals surface area contributed by atoms with Crippen molar-refractivity contribution in [2.45, 2.75) is 6.54 Å². The smallest absolute Gasteiger partial charge is 0.123 e. The van der Waals surface area contributed by atoms with Gasteiger partial charge in [0.05, 0.1) is 0 Å². The first-order valence-electron chi connectivity index (χ1n) is 5.83. The van der Waals surface area contributed by atoms with Crippen LogP contribution >= 0.6 is 0 Å². The van der Waals surface area contributed by atoms with Crippen molar-refractivity contribution in [2.75, 3.05) is 46.2 Å². The van der Waals surface area contributed by atoms with Crippen LogP contribution in [0.4, 0.5) is 10.1 Å². The molecule has 1 aromatic rings. The number of nitrogens with zero attached hydrogens (tertiary/aromatic N) is 2. The van der Waals surface area contributed by atoms with Crippen molar-refractivity contribution in [3.63, 3.8) is 0 Å². The summed E-state index contributed by atoms with van der Waals surface area (Å²) in [5.41, 5.74) is 2.08. The van der Waals surface area contributed by atoms with Gasteiger partial charge >= 0.3 is 0 Å². The molecule has 4 heteroatoms. The molecule has 0 saturated heterocycles. The molecule has 0 radical (unpaired) electrons. The molecule has 1 rings (SSSR count). The standard InChI is InChI=1S/C13H22FN3/c1-15-10-11-9-12(14)5-6-13(11)17(4)8-7-16(2)3/h5-6,9,15H,7-8,10H2,1-4H3. The van der Waals surface area contributed by atoms with Gasteiger partial charge in [0.1, 0.15) is 5.82 Å². The van der Waals surface area contributed by atoms with Crippen LogP contribution in [0.15, 0.2) is 18.2 Å². The predicted molar refractivity (Wildman–Crippen MR) is 71.0 cm³/mol. The summed E-state index contributed by atoms with van der Waals surface area (Å²) in [6.45, 7) is 2.58. The lowest BCUT2D eigenvalue weighted by molar-refractivity contribution is 0.416. The molecule has 3 nitrogen and oxygen atoms in total. The van der Waals surface area contributed by atoms with Gasteiger partial charge in [-0.25, -0.2) is 4.39 Å². The van der Waals surface area contributed by atoms with E-state index in [0.29, 0.717) is 6.54 Å². The summed E-state index contributed by atoms with van der Waals surface area (Å²) in [6.07, 6.45) is 0. The molecule has 0 atom stereocenters. The summed E-state index contributed by atoms with van der Waals surface area (Å²) in [4.78, 5) is 4.30. The third-order valence-corrected chi connectivity index (χ3v) is 2.70. The van der Waals surface area contributed by atoms with Crippen LogP contribution in [0.5, 0.6) is 0 Å². The maximum atomic E-state index is 13.2. The highest BCUT2D eigenvalue weighted by atomic mass is 19.1. The minimum atomic E-state index is -0.181. The lowest BCUT2D eigenvalue weighted by Gasteiger charge is -2.24. The fourth-order valence-electron chi connectivity index (χ4n) is 1.73. The average Bonchev–Trinajstić information content (AvgIpc) is 2.26. The van der Waals surface area contributed by atoms with E-state index in [1.165, 1.54) is 6.07 Å². The molecule has 0 saturated carbocycles. The number of benzene rings is 1. The second-order valence-corrected chi connectivity index (χ2v) is 4.53. The van der Waals surface area contributed by atoms with E-state index >= 15 is 0 Å². The van der Waals surface area contributed by atoms with Gasteiger partial charge in [0.2, 0.25) is 0 Å². The molecule has 0 bridgehead atoms. The summed E-state index contributed by atoms with van der Waals surface area (Å²) in [7, 11) is 8.00. The minimum absolute atomic E-state index is 0.181. The Morgan fingerprint density at radius 1 is 1.18 bits per heavy atom. The Labute approximate surface area is 103 Å². The number of likely N-dealkylation sites (N-methyl/N-ethyl adjacent to an activating group) is 2. The minimum Gasteiger partial charge on any atom is -0.373 e. The zero-order valence-electron chi connectivity index (χ0n) is 11.1. The van der Waals surface area contributed by atoms with Crippen LogP contribution in [0.2, 0.25) is 0 Å². The number of halogens is 1. The lowest BCUT2D eigenvalue weighted by atomic mass is 10.1. The van der Waals surface area contributed by atoms with Crippen LogP contribution in [0.1, 0.15) is 5.56 Å². The van der Waals surface area contributed by atoms with Crippen molar-refractivity contribution in [3.05, 3.63) is 29.6 Å². The van der Waals surface area contributed by atoms with Crippen LogP contribution in [0.3, 0.4) is 0 Å². The number of anilines is 1. The number of hydrogen-bond acceptors (Lipinski definition) is 3. The Morgan fingerprint density at radius 3 is 2.47 bits per heavy atom. The lowest BCUT2D eigenvalue weighted by Crippen LogP contribution is -2.29. The van der Waals surface area contributed by atoms with Crippen molar-refractivity contribution < 1.29 is 4.39 Å². The topological polar surface area (TPSA) is 18.5 Å². The first-order chi connectivity index (χ1) is 8.04. The van der Waals surface area contributed by atoms with Crippen molar-refractivity contribution >= 4 is 5.69 Å². The van der Waals surface area contributed by atoms with Crippen LogP contribution in [0.25, 0.3) is 0 Å². The van der Waals surface area contributed by atoms with Crippen LogP contribution in [0, 0.1) is 5.82 Å². The van der Waals surface area contributed by atoms with E-state index in [-0.39, 0.29) is 5.82 Å². The maximum absolute atomic E-state index is 13.2. The first kappa shape index (κ1) is 13.9. The molecule has 0 aliphatic heterocycles. The van der Waals surface area contributed by atoms with E-state index < -0.39 is 0 Å². The normalized spacial score (nSPS) is 10.9. The molecular formula is C13H22FN3. The number of nitrogens with one attached hydrogen (secondary N) is 1. The van der Waals surface area contributed by atoms with Gasteiger partial charge < -0.3 is 15.1 Å². The number of rotatable bonds is 6. The molecule has 0 spiro atoms. The SMILES string of the molecule is CNCc1cc(F)ccc1N(C)CCN(C)C. The Morgan fingerprint density at radius 2 is 1.88 bits per heavy atom. The molecule has 1 aromatic carbocycles. The molecule has 1 N–H and O–H groups in total. The highest BCUT2D eigenvalue weighted by Gasteiger charge is 2.08. The van der Waals surface area contributed by atoms with Crippen LogP contribution < -0.4 is 10.2 Å². The summed E-state index contributed by atoms with van der Waals surface area (Å²) in [5, 5.41) is 3.07. The second kappa shape index (κ2) is 6.57. The third kappa shape index (κ3) is 4.32. The van der Waals surface area contributed by atoms with E-state index in [0.717, 1.165) is 24.3 Å². The molecule has 0 unspecified atom stereocenters. The molecular weight excluding hydrogens is 217 g/mol. The van der Waals surface area contributed by atoms with E-state index in [1.54, 1.807) is 6.07 Å². The van der Waals surface area contributed by atoms with Gasteiger partial charge in [-0.2, -0.15) is 0 Å². The molecule has 0 aliphatic rings. The average molecular weight is 239 g/mol. The van der Waals surface area contributed by atoms with Crippen molar-refractivity contribution in [1.82, 2.24) is 10.2 Å². The van der Waals surface area contributed by atoms with Crippen LogP contribution in [-0.2, 0) is 6.54 Å². The van der Waals surface area contributed by atoms with Crippen molar-refractivity contribution in [1.29, 1.82) is 0 Å². The van der Waals surface area contributed by atoms with Gasteiger partial charge in [-0.3, -0.25) is 0 Å². The van der Waals surface area contributed by atoms with Crippen LogP contribution in [-0.4, -0.2) is 46.2 Å². The van der Waals surface area contributed by atoms with Crippen molar-refractivity contribution in [3.8, 4) is 0 Å². The second-order valence-electron chi connectivity index (χ2n) is 4.53. The molecule has 0 aliphatic carbocycles. The highest BCUT2D eigenvalue weighted by molar-refractivity contribution is 5.53. The molecule has 0 aromatic heterocycles. The van der Waals surface area contributed by atoms with E-state index in [9.17, 15) is 4.39 Å². The van der Waals surface area contributed by atoms with E-state index in [1.807, 2.05) is 34.3 Å². The van der Waals surface area contributed by atoms with E-state index in [4.69, 9.17) is 0 Å². The summed E-state index contributed by atoms with van der Waals surface area (Å²) in [6, 6.07) is 4.95. The van der Waals surface area contributed by atoms with Gasteiger partial charge in [0.15, 0.2) is 0 Å². The maximum Gasteiger partial charge on any atom is 0.123 e. The molecule has 0 heterocycles. The Balaban J connectivity index is 2.80. The molecule has 17 heavy (non-hydrogen) atoms. The van der Waals surface area contributed by atoms with Gasteiger partial charge in [0, 0.05) is 32.4 Å². The number of hydrogen-bond donors (Lipinski definition) is 1. The van der Waals surface area contributed by atoms with Crippen molar-refractivity contribution in [2.24, 2.45) is 0 Å². The first-order valence-corrected chi connectivity index (χ1v) is 5.83. The van der Waals surface area contributed by atoms with Gasteiger partial charge in [-0.1, -0.05) is 0 Å². The zero-order valence-corrected chi connectivity index (χ0v) is 11.1. The largest absolute Gasteiger partial charge is 0.373 e. The highest BCUT2D eigenvalue weighted by Crippen LogP contribution is 2.20. The third-order valence-electron chi connectivity index (χ3n) is 2.70. The van der Waals surface area contributed by atoms with E-state index in [2.05, 4.69) is 15.1 Å². The van der Waals surface area contributed by atoms with Gasteiger partial charge in [-0.15, -0.1) is 0 Å². The zero-order chi connectivity index (χ0) is 12.8. The summed E-state index contributed by atoms with van der Waals surface area (Å²) in [5.74, 6) is -0.181. The molecule has 96 valence electrons. The summed E-state index contributed by atoms with van der Waals surface area (Å²) >= 11 is 0. The Hall–Kier alpha value is -1.13. The fraction of sp³-hybridized carbons (Fsp3) is 0.538. The predicted octanol–water partition coefficient (Wildman–Crippen LogP) is 1.54.